The zero-order chi connectivity index (χ0) is 14.4. The number of likely N-dealkylation sites (tertiary alicyclic amines) is 1. The van der Waals surface area contributed by atoms with Crippen molar-refractivity contribution >= 4 is 5.91 Å². The van der Waals surface area contributed by atoms with E-state index in [1.165, 1.54) is 32.1 Å². The average Bonchev–Trinajstić information content (AvgIpc) is 2.48. The van der Waals surface area contributed by atoms with Gasteiger partial charge in [0, 0.05) is 25.7 Å². The summed E-state index contributed by atoms with van der Waals surface area (Å²) >= 11 is 0. The van der Waals surface area contributed by atoms with Gasteiger partial charge in [0.05, 0.1) is 6.54 Å². The van der Waals surface area contributed by atoms with Gasteiger partial charge >= 0.3 is 0 Å². The Hall–Kier alpha value is -0.610. The van der Waals surface area contributed by atoms with Crippen LogP contribution >= 0.6 is 0 Å². The molecule has 0 atom stereocenters. The molecule has 4 heteroatoms. The molecular weight excluding hydrogens is 250 g/mol. The smallest absolute Gasteiger partial charge is 0.234 e. The molecule has 1 saturated carbocycles. The molecule has 1 aliphatic carbocycles. The lowest BCUT2D eigenvalue weighted by Gasteiger charge is -2.30. The molecular formula is C16H31N3O. The Morgan fingerprint density at radius 2 is 1.70 bits per heavy atom. The van der Waals surface area contributed by atoms with E-state index in [1.807, 2.05) is 0 Å². The van der Waals surface area contributed by atoms with Gasteiger partial charge in [-0.3, -0.25) is 9.69 Å². The van der Waals surface area contributed by atoms with Gasteiger partial charge in [-0.15, -0.1) is 0 Å². The van der Waals surface area contributed by atoms with Gasteiger partial charge in [-0.1, -0.05) is 26.2 Å². The highest BCUT2D eigenvalue weighted by Gasteiger charge is 2.21. The number of nitrogens with one attached hydrogen (secondary N) is 1. The Kier molecular flexibility index (Phi) is 6.30. The summed E-state index contributed by atoms with van der Waals surface area (Å²) in [5.41, 5.74) is 5.88. The lowest BCUT2D eigenvalue weighted by molar-refractivity contribution is -0.122. The van der Waals surface area contributed by atoms with E-state index in [4.69, 9.17) is 5.73 Å². The minimum atomic E-state index is 0.193. The van der Waals surface area contributed by atoms with Gasteiger partial charge in [-0.25, -0.2) is 0 Å². The average molecular weight is 281 g/mol. The van der Waals surface area contributed by atoms with Crippen LogP contribution < -0.4 is 11.1 Å². The van der Waals surface area contributed by atoms with Gasteiger partial charge in [-0.2, -0.15) is 0 Å². The zero-order valence-electron chi connectivity index (χ0n) is 12.9. The van der Waals surface area contributed by atoms with Crippen LogP contribution in [0.1, 0.15) is 51.9 Å². The topological polar surface area (TPSA) is 58.4 Å². The summed E-state index contributed by atoms with van der Waals surface area (Å²) in [6, 6.07) is 0.336. The SMILES string of the molecule is CCC1CCC(CNC(=O)CN2CCC(N)CC2)CC1. The first kappa shape index (κ1) is 15.8. The van der Waals surface area contributed by atoms with E-state index in [9.17, 15) is 4.79 Å². The van der Waals surface area contributed by atoms with Crippen molar-refractivity contribution in [3.63, 3.8) is 0 Å². The van der Waals surface area contributed by atoms with Crippen LogP contribution in [0.4, 0.5) is 0 Å². The van der Waals surface area contributed by atoms with Gasteiger partial charge in [-0.05, 0) is 37.5 Å². The molecule has 1 amide bonds. The molecule has 1 aliphatic heterocycles. The van der Waals surface area contributed by atoms with Crippen LogP contribution in [0.3, 0.4) is 0 Å². The van der Waals surface area contributed by atoms with E-state index in [1.54, 1.807) is 0 Å². The highest BCUT2D eigenvalue weighted by molar-refractivity contribution is 5.78. The largest absolute Gasteiger partial charge is 0.355 e. The molecule has 2 rings (SSSR count). The molecule has 20 heavy (non-hydrogen) atoms. The third kappa shape index (κ3) is 5.06. The molecule has 116 valence electrons. The van der Waals surface area contributed by atoms with Gasteiger partial charge in [0.15, 0.2) is 0 Å². The van der Waals surface area contributed by atoms with Gasteiger partial charge < -0.3 is 11.1 Å². The first-order valence-electron chi connectivity index (χ1n) is 8.42. The monoisotopic (exact) mass is 281 g/mol. The lowest BCUT2D eigenvalue weighted by Crippen LogP contribution is -2.45. The van der Waals surface area contributed by atoms with E-state index < -0.39 is 0 Å². The molecule has 2 aliphatic rings. The van der Waals surface area contributed by atoms with Crippen LogP contribution in [-0.2, 0) is 4.79 Å². The standard InChI is InChI=1S/C16H31N3O/c1-2-13-3-5-14(6-4-13)11-18-16(20)12-19-9-7-15(17)8-10-19/h13-15H,2-12,17H2,1H3,(H,18,20). The summed E-state index contributed by atoms with van der Waals surface area (Å²) in [7, 11) is 0. The van der Waals surface area contributed by atoms with Crippen molar-refractivity contribution in [3.8, 4) is 0 Å². The van der Waals surface area contributed by atoms with E-state index >= 15 is 0 Å². The Labute approximate surface area is 123 Å². The van der Waals surface area contributed by atoms with Gasteiger partial charge in [0.25, 0.3) is 0 Å². The quantitative estimate of drug-likeness (QED) is 0.807. The maximum atomic E-state index is 12.0. The van der Waals surface area contributed by atoms with Crippen LogP contribution in [0.5, 0.6) is 0 Å². The summed E-state index contributed by atoms with van der Waals surface area (Å²) < 4.78 is 0. The summed E-state index contributed by atoms with van der Waals surface area (Å²) in [6.45, 7) is 5.66. The maximum Gasteiger partial charge on any atom is 0.234 e. The summed E-state index contributed by atoms with van der Waals surface area (Å²) in [6.07, 6.45) is 8.63. The van der Waals surface area contributed by atoms with E-state index in [-0.39, 0.29) is 5.91 Å². The Bertz CT molecular complexity index is 292. The molecule has 0 aromatic heterocycles. The Morgan fingerprint density at radius 3 is 2.30 bits per heavy atom. The van der Waals surface area contributed by atoms with Crippen LogP contribution in [-0.4, -0.2) is 43.0 Å². The maximum absolute atomic E-state index is 12.0. The molecule has 3 N–H and O–H groups in total. The fraction of sp³-hybridized carbons (Fsp3) is 0.938. The third-order valence-electron chi connectivity index (χ3n) is 5.13. The second kappa shape index (κ2) is 7.99. The number of amides is 1. The number of carbonyl (C=O) groups is 1. The van der Waals surface area contributed by atoms with Crippen molar-refractivity contribution in [3.05, 3.63) is 0 Å². The fourth-order valence-electron chi connectivity index (χ4n) is 3.47. The third-order valence-corrected chi connectivity index (χ3v) is 5.13. The molecule has 1 heterocycles. The predicted octanol–water partition coefficient (Wildman–Crippen LogP) is 1.74. The van der Waals surface area contributed by atoms with Crippen molar-refractivity contribution < 1.29 is 4.79 Å². The van der Waals surface area contributed by atoms with E-state index in [0.717, 1.165) is 38.4 Å². The molecule has 1 saturated heterocycles. The van der Waals surface area contributed by atoms with Crippen LogP contribution in [0, 0.1) is 11.8 Å². The first-order valence-corrected chi connectivity index (χ1v) is 8.42. The van der Waals surface area contributed by atoms with Crippen molar-refractivity contribution in [2.24, 2.45) is 17.6 Å². The number of carbonyl (C=O) groups excluding carboxylic acids is 1. The van der Waals surface area contributed by atoms with Crippen molar-refractivity contribution in [2.75, 3.05) is 26.2 Å². The van der Waals surface area contributed by atoms with Gasteiger partial charge in [0.1, 0.15) is 0 Å². The summed E-state index contributed by atoms with van der Waals surface area (Å²) in [5.74, 6) is 1.83. The van der Waals surface area contributed by atoms with E-state index in [2.05, 4.69) is 17.1 Å². The fourth-order valence-corrected chi connectivity index (χ4v) is 3.47. The molecule has 0 spiro atoms. The van der Waals surface area contributed by atoms with Crippen LogP contribution in [0.15, 0.2) is 0 Å². The predicted molar refractivity (Wildman–Crippen MR) is 82.4 cm³/mol. The molecule has 0 radical (unpaired) electrons. The molecule has 2 fully saturated rings. The summed E-state index contributed by atoms with van der Waals surface area (Å²) in [4.78, 5) is 14.2. The minimum Gasteiger partial charge on any atom is -0.355 e. The zero-order valence-corrected chi connectivity index (χ0v) is 12.9. The highest BCUT2D eigenvalue weighted by atomic mass is 16.2. The number of hydrogen-bond donors (Lipinski definition) is 2. The van der Waals surface area contributed by atoms with Crippen LogP contribution in [0.2, 0.25) is 0 Å². The second-order valence-corrected chi connectivity index (χ2v) is 6.71. The normalized spacial score (nSPS) is 29.3. The number of nitrogens with zero attached hydrogens (tertiary/aromatic N) is 1. The summed E-state index contributed by atoms with van der Waals surface area (Å²) in [5, 5.41) is 3.13. The number of hydrogen-bond acceptors (Lipinski definition) is 3. The molecule has 4 nitrogen and oxygen atoms in total. The van der Waals surface area contributed by atoms with Crippen molar-refractivity contribution in [1.82, 2.24) is 10.2 Å². The Balaban J connectivity index is 1.58. The van der Waals surface area contributed by atoms with Crippen molar-refractivity contribution in [1.29, 1.82) is 0 Å². The van der Waals surface area contributed by atoms with Crippen molar-refractivity contribution in [2.45, 2.75) is 57.9 Å². The van der Waals surface area contributed by atoms with Crippen LogP contribution in [0.25, 0.3) is 0 Å². The molecule has 0 aromatic rings. The highest BCUT2D eigenvalue weighted by Crippen LogP contribution is 2.30. The number of rotatable bonds is 5. The molecule has 0 unspecified atom stereocenters. The number of piperidine rings is 1. The lowest BCUT2D eigenvalue weighted by atomic mass is 9.81. The van der Waals surface area contributed by atoms with E-state index in [0.29, 0.717) is 18.5 Å². The second-order valence-electron chi connectivity index (χ2n) is 6.71. The number of nitrogens with two attached hydrogens (primary N) is 1. The minimum absolute atomic E-state index is 0.193. The Morgan fingerprint density at radius 1 is 1.10 bits per heavy atom. The first-order chi connectivity index (χ1) is 9.67. The van der Waals surface area contributed by atoms with Gasteiger partial charge in [0.2, 0.25) is 5.91 Å². The molecule has 0 bridgehead atoms. The molecule has 0 aromatic carbocycles.